The Morgan fingerprint density at radius 2 is 1.83 bits per heavy atom. The van der Waals surface area contributed by atoms with E-state index in [1.54, 1.807) is 31.3 Å². The summed E-state index contributed by atoms with van der Waals surface area (Å²) in [7, 11) is -1.73. The third-order valence-corrected chi connectivity index (χ3v) is 5.53. The van der Waals surface area contributed by atoms with Gasteiger partial charge in [-0.05, 0) is 31.9 Å². The van der Waals surface area contributed by atoms with E-state index in [0.29, 0.717) is 11.3 Å². The number of sulfonamides is 1. The van der Waals surface area contributed by atoms with E-state index in [4.69, 9.17) is 5.73 Å². The van der Waals surface area contributed by atoms with Crippen molar-refractivity contribution in [3.05, 3.63) is 29.8 Å². The largest absolute Gasteiger partial charge is 0.398 e. The molecule has 18 heavy (non-hydrogen) atoms. The summed E-state index contributed by atoms with van der Waals surface area (Å²) in [4.78, 5) is 0. The van der Waals surface area contributed by atoms with Crippen LogP contribution in [-0.2, 0) is 15.8 Å². The van der Waals surface area contributed by atoms with Crippen LogP contribution >= 0.6 is 0 Å². The van der Waals surface area contributed by atoms with Gasteiger partial charge < -0.3 is 5.73 Å². The molecule has 4 nitrogen and oxygen atoms in total. The highest BCUT2D eigenvalue weighted by atomic mass is 32.2. The van der Waals surface area contributed by atoms with Gasteiger partial charge in [-0.2, -0.15) is 4.31 Å². The molecule has 0 heterocycles. The Labute approximate surface area is 110 Å². The van der Waals surface area contributed by atoms with Crippen LogP contribution in [0.3, 0.4) is 0 Å². The van der Waals surface area contributed by atoms with E-state index in [0.717, 1.165) is 6.42 Å². The van der Waals surface area contributed by atoms with Crippen LogP contribution in [0, 0.1) is 0 Å². The summed E-state index contributed by atoms with van der Waals surface area (Å²) in [5.74, 6) is -0.0559. The Morgan fingerprint density at radius 3 is 2.33 bits per heavy atom. The lowest BCUT2D eigenvalue weighted by Gasteiger charge is -2.33. The summed E-state index contributed by atoms with van der Waals surface area (Å²) in [6.07, 6.45) is 0.757. The Morgan fingerprint density at radius 1 is 1.28 bits per heavy atom. The number of hydrogen-bond donors (Lipinski definition) is 1. The van der Waals surface area contributed by atoms with Gasteiger partial charge in [-0.3, -0.25) is 0 Å². The summed E-state index contributed by atoms with van der Waals surface area (Å²) in [6.45, 7) is 5.81. The molecule has 0 amide bonds. The van der Waals surface area contributed by atoms with Crippen LogP contribution in [0.1, 0.15) is 32.8 Å². The molecule has 0 aromatic heterocycles. The van der Waals surface area contributed by atoms with Crippen molar-refractivity contribution >= 4 is 15.7 Å². The second-order valence-electron chi connectivity index (χ2n) is 5.09. The van der Waals surface area contributed by atoms with Crippen LogP contribution in [0.25, 0.3) is 0 Å². The van der Waals surface area contributed by atoms with Crippen molar-refractivity contribution in [2.45, 2.75) is 38.5 Å². The number of nitrogens with zero attached hydrogens (tertiary/aromatic N) is 1. The van der Waals surface area contributed by atoms with Crippen LogP contribution in [-0.4, -0.2) is 25.3 Å². The van der Waals surface area contributed by atoms with Crippen molar-refractivity contribution in [1.82, 2.24) is 4.31 Å². The van der Waals surface area contributed by atoms with E-state index in [1.165, 1.54) is 4.31 Å². The number of benzene rings is 1. The van der Waals surface area contributed by atoms with Crippen molar-refractivity contribution in [3.8, 4) is 0 Å². The smallest absolute Gasteiger partial charge is 0.218 e. The molecule has 1 rings (SSSR count). The highest BCUT2D eigenvalue weighted by Gasteiger charge is 2.31. The molecule has 0 atom stereocenters. The molecule has 0 saturated heterocycles. The molecule has 0 radical (unpaired) electrons. The van der Waals surface area contributed by atoms with Crippen molar-refractivity contribution in [1.29, 1.82) is 0 Å². The molecule has 0 spiro atoms. The average Bonchev–Trinajstić information content (AvgIpc) is 2.31. The fourth-order valence-electron chi connectivity index (χ4n) is 1.56. The van der Waals surface area contributed by atoms with Crippen molar-refractivity contribution in [3.63, 3.8) is 0 Å². The minimum absolute atomic E-state index is 0.0559. The molecule has 0 aliphatic rings. The zero-order chi connectivity index (χ0) is 14.0. The highest BCUT2D eigenvalue weighted by Crippen LogP contribution is 2.24. The number of anilines is 1. The fraction of sp³-hybridized carbons (Fsp3) is 0.538. The van der Waals surface area contributed by atoms with Gasteiger partial charge in [0.05, 0.1) is 5.75 Å². The molecule has 0 saturated carbocycles. The van der Waals surface area contributed by atoms with Crippen LogP contribution < -0.4 is 5.73 Å². The summed E-state index contributed by atoms with van der Waals surface area (Å²) in [5.41, 5.74) is 6.57. The number of hydrogen-bond acceptors (Lipinski definition) is 3. The van der Waals surface area contributed by atoms with Gasteiger partial charge in [0.1, 0.15) is 0 Å². The minimum atomic E-state index is -3.35. The summed E-state index contributed by atoms with van der Waals surface area (Å²) >= 11 is 0. The van der Waals surface area contributed by atoms with Crippen LogP contribution in [0.4, 0.5) is 5.69 Å². The number of rotatable bonds is 5. The monoisotopic (exact) mass is 270 g/mol. The normalized spacial score (nSPS) is 12.9. The fourth-order valence-corrected chi connectivity index (χ4v) is 3.29. The van der Waals surface area contributed by atoms with Gasteiger partial charge in [-0.15, -0.1) is 0 Å². The van der Waals surface area contributed by atoms with E-state index < -0.39 is 10.0 Å². The summed E-state index contributed by atoms with van der Waals surface area (Å²) in [6, 6.07) is 7.06. The molecule has 5 heteroatoms. The third kappa shape index (κ3) is 3.23. The predicted octanol–water partition coefficient (Wildman–Crippen LogP) is 2.22. The first kappa shape index (κ1) is 15.0. The first-order valence-corrected chi connectivity index (χ1v) is 7.61. The molecule has 0 unspecified atom stereocenters. The Hall–Kier alpha value is -1.07. The lowest BCUT2D eigenvalue weighted by Crippen LogP contribution is -2.44. The minimum Gasteiger partial charge on any atom is -0.398 e. The van der Waals surface area contributed by atoms with Crippen LogP contribution in [0.2, 0.25) is 0 Å². The zero-order valence-corrected chi connectivity index (χ0v) is 12.3. The summed E-state index contributed by atoms with van der Waals surface area (Å²) < 4.78 is 26.1. The van der Waals surface area contributed by atoms with Gasteiger partial charge in [-0.1, -0.05) is 25.1 Å². The molecule has 0 bridgehead atoms. The molecule has 1 aromatic carbocycles. The Bertz CT molecular complexity index is 509. The Balaban J connectivity index is 3.00. The van der Waals surface area contributed by atoms with Crippen molar-refractivity contribution in [2.24, 2.45) is 0 Å². The Kier molecular flexibility index (Phi) is 4.40. The van der Waals surface area contributed by atoms with Crippen LogP contribution in [0.5, 0.6) is 0 Å². The van der Waals surface area contributed by atoms with E-state index in [2.05, 4.69) is 0 Å². The number of nitrogens with two attached hydrogens (primary N) is 1. The van der Waals surface area contributed by atoms with Crippen molar-refractivity contribution < 1.29 is 8.42 Å². The predicted molar refractivity (Wildman–Crippen MR) is 75.6 cm³/mol. The number of nitrogen functional groups attached to an aromatic ring is 1. The second-order valence-corrected chi connectivity index (χ2v) is 7.09. The molecular formula is C13H22N2O2S. The van der Waals surface area contributed by atoms with Gasteiger partial charge in [0, 0.05) is 18.3 Å². The standard InChI is InChI=1S/C13H22N2O2S/c1-5-13(2,3)15(4)18(16,17)10-11-8-6-7-9-12(11)14/h6-9H,5,10,14H2,1-4H3. The number of para-hydroxylation sites is 1. The van der Waals surface area contributed by atoms with E-state index in [9.17, 15) is 8.42 Å². The summed E-state index contributed by atoms with van der Waals surface area (Å²) in [5, 5.41) is 0. The maximum Gasteiger partial charge on any atom is 0.218 e. The molecule has 102 valence electrons. The lowest BCUT2D eigenvalue weighted by molar-refractivity contribution is 0.257. The van der Waals surface area contributed by atoms with Gasteiger partial charge in [-0.25, -0.2) is 8.42 Å². The maximum atomic E-state index is 12.3. The lowest BCUT2D eigenvalue weighted by atomic mass is 10.0. The maximum absolute atomic E-state index is 12.3. The van der Waals surface area contributed by atoms with Gasteiger partial charge in [0.2, 0.25) is 10.0 Å². The molecule has 0 aliphatic heterocycles. The molecular weight excluding hydrogens is 248 g/mol. The zero-order valence-electron chi connectivity index (χ0n) is 11.5. The van der Waals surface area contributed by atoms with Gasteiger partial charge in [0.25, 0.3) is 0 Å². The van der Waals surface area contributed by atoms with E-state index in [-0.39, 0.29) is 11.3 Å². The molecule has 0 aliphatic carbocycles. The molecule has 2 N–H and O–H groups in total. The quantitative estimate of drug-likeness (QED) is 0.834. The van der Waals surface area contributed by atoms with Crippen LogP contribution in [0.15, 0.2) is 24.3 Å². The van der Waals surface area contributed by atoms with Crippen molar-refractivity contribution in [2.75, 3.05) is 12.8 Å². The molecule has 1 aromatic rings. The highest BCUT2D eigenvalue weighted by molar-refractivity contribution is 7.88. The molecule has 0 fully saturated rings. The first-order chi connectivity index (χ1) is 8.20. The second kappa shape index (κ2) is 5.28. The first-order valence-electron chi connectivity index (χ1n) is 6.01. The SMILES string of the molecule is CCC(C)(C)N(C)S(=O)(=O)Cc1ccccc1N. The topological polar surface area (TPSA) is 63.4 Å². The average molecular weight is 270 g/mol. The van der Waals surface area contributed by atoms with Gasteiger partial charge in [0.15, 0.2) is 0 Å². The third-order valence-electron chi connectivity index (χ3n) is 3.53. The van der Waals surface area contributed by atoms with E-state index in [1.807, 2.05) is 20.8 Å². The van der Waals surface area contributed by atoms with Gasteiger partial charge >= 0.3 is 0 Å². The van der Waals surface area contributed by atoms with E-state index >= 15 is 0 Å².